The Morgan fingerprint density at radius 2 is 2.05 bits per heavy atom. The topological polar surface area (TPSA) is 40.5 Å². The summed E-state index contributed by atoms with van der Waals surface area (Å²) in [6, 6.07) is 0. The van der Waals surface area contributed by atoms with Crippen molar-refractivity contribution in [2.75, 3.05) is 6.61 Å². The van der Waals surface area contributed by atoms with E-state index < -0.39 is 5.60 Å². The first-order chi connectivity index (χ1) is 10.3. The molecule has 0 aromatic heterocycles. The molecule has 0 amide bonds. The van der Waals surface area contributed by atoms with E-state index in [1.165, 1.54) is 12.0 Å². The van der Waals surface area contributed by atoms with Crippen LogP contribution < -0.4 is 0 Å². The van der Waals surface area contributed by atoms with Crippen molar-refractivity contribution in [3.05, 3.63) is 36.0 Å². The largest absolute Gasteiger partial charge is 0.392 e. The highest BCUT2D eigenvalue weighted by molar-refractivity contribution is 5.29. The molecule has 6 atom stereocenters. The van der Waals surface area contributed by atoms with Gasteiger partial charge in [0.2, 0.25) is 0 Å². The lowest BCUT2D eigenvalue weighted by Crippen LogP contribution is -2.35. The molecule has 3 aliphatic carbocycles. The fourth-order valence-electron chi connectivity index (χ4n) is 5.34. The van der Waals surface area contributed by atoms with Gasteiger partial charge in [0.15, 0.2) is 0 Å². The maximum Gasteiger partial charge on any atom is 0.0656 e. The third-order valence-electron chi connectivity index (χ3n) is 6.73. The Balaban J connectivity index is 1.85. The maximum atomic E-state index is 10.9. The average Bonchev–Trinajstić information content (AvgIpc) is 2.95. The third kappa shape index (κ3) is 2.41. The van der Waals surface area contributed by atoms with E-state index in [9.17, 15) is 5.11 Å². The van der Waals surface area contributed by atoms with Crippen LogP contribution in [0, 0.1) is 29.1 Å². The molecule has 0 aromatic rings. The highest BCUT2D eigenvalue weighted by Gasteiger charge is 2.68. The minimum atomic E-state index is -0.538. The molecule has 0 saturated heterocycles. The SMILES string of the molecule is C=C1CC[C@@H]2[C@@H]([C@@H]3[C@H]1CC[C@]3(C)O)[C@@]2(C)C=CC=C(C)CO. The van der Waals surface area contributed by atoms with Crippen molar-refractivity contribution in [3.63, 3.8) is 0 Å². The lowest BCUT2D eigenvalue weighted by molar-refractivity contribution is -0.000466. The molecule has 122 valence electrons. The highest BCUT2D eigenvalue weighted by Crippen LogP contribution is 2.72. The molecule has 2 heteroatoms. The van der Waals surface area contributed by atoms with Crippen LogP contribution in [0.5, 0.6) is 0 Å². The van der Waals surface area contributed by atoms with Crippen LogP contribution in [0.2, 0.25) is 0 Å². The Hall–Kier alpha value is -0.860. The van der Waals surface area contributed by atoms with Gasteiger partial charge in [-0.2, -0.15) is 0 Å². The standard InChI is InChI=1S/C20H30O2/c1-13(12-21)6-5-10-19(3)16-8-7-14(2)15-9-11-20(4,22)17(15)18(16)19/h5-6,10,15-18,21-22H,2,7-9,11-12H2,1,3-4H3/t15-,16+,17-,18-,19-,20-/m0/s1. The molecule has 2 N–H and O–H groups in total. The fraction of sp³-hybridized carbons (Fsp3) is 0.700. The monoisotopic (exact) mass is 302 g/mol. The second kappa shape index (κ2) is 5.35. The summed E-state index contributed by atoms with van der Waals surface area (Å²) in [5.41, 5.74) is 2.02. The molecule has 0 spiro atoms. The lowest BCUT2D eigenvalue weighted by atomic mass is 9.77. The number of hydrogen-bond donors (Lipinski definition) is 2. The summed E-state index contributed by atoms with van der Waals surface area (Å²) in [6.45, 7) is 10.8. The molecule has 0 aliphatic heterocycles. The Morgan fingerprint density at radius 1 is 1.32 bits per heavy atom. The van der Waals surface area contributed by atoms with Gasteiger partial charge in [-0.1, -0.05) is 37.3 Å². The zero-order chi connectivity index (χ0) is 16.1. The van der Waals surface area contributed by atoms with Crippen LogP contribution in [0.15, 0.2) is 36.0 Å². The first-order valence-electron chi connectivity index (χ1n) is 8.67. The van der Waals surface area contributed by atoms with Gasteiger partial charge in [-0.3, -0.25) is 0 Å². The van der Waals surface area contributed by atoms with Crippen molar-refractivity contribution in [1.82, 2.24) is 0 Å². The number of fused-ring (bicyclic) bond motifs is 3. The van der Waals surface area contributed by atoms with Crippen molar-refractivity contribution < 1.29 is 10.2 Å². The number of aliphatic hydroxyl groups is 2. The van der Waals surface area contributed by atoms with Gasteiger partial charge in [0, 0.05) is 0 Å². The second-order valence-electron chi connectivity index (χ2n) is 8.25. The van der Waals surface area contributed by atoms with Gasteiger partial charge in [-0.05, 0) is 74.2 Å². The smallest absolute Gasteiger partial charge is 0.0656 e. The van der Waals surface area contributed by atoms with Crippen LogP contribution in [0.4, 0.5) is 0 Å². The van der Waals surface area contributed by atoms with Gasteiger partial charge in [-0.15, -0.1) is 0 Å². The Kier molecular flexibility index (Phi) is 3.89. The summed E-state index contributed by atoms with van der Waals surface area (Å²) in [5, 5.41) is 20.0. The van der Waals surface area contributed by atoms with E-state index in [2.05, 4.69) is 25.7 Å². The van der Waals surface area contributed by atoms with Crippen molar-refractivity contribution >= 4 is 0 Å². The molecular weight excluding hydrogens is 272 g/mol. The van der Waals surface area contributed by atoms with Crippen molar-refractivity contribution in [2.45, 2.75) is 52.1 Å². The molecule has 22 heavy (non-hydrogen) atoms. The quantitative estimate of drug-likeness (QED) is 0.614. The zero-order valence-electron chi connectivity index (χ0n) is 14.2. The van der Waals surface area contributed by atoms with E-state index in [1.807, 2.05) is 19.9 Å². The van der Waals surface area contributed by atoms with Crippen LogP contribution >= 0.6 is 0 Å². The molecular formula is C20H30O2. The van der Waals surface area contributed by atoms with Crippen LogP contribution in [-0.4, -0.2) is 22.4 Å². The van der Waals surface area contributed by atoms with E-state index in [0.29, 0.717) is 23.7 Å². The Morgan fingerprint density at radius 3 is 2.73 bits per heavy atom. The molecule has 0 aromatic carbocycles. The minimum absolute atomic E-state index is 0.118. The molecule has 0 unspecified atom stereocenters. The molecule has 3 rings (SSSR count). The molecule has 3 fully saturated rings. The predicted molar refractivity (Wildman–Crippen MR) is 90.3 cm³/mol. The van der Waals surface area contributed by atoms with E-state index >= 15 is 0 Å². The summed E-state index contributed by atoms with van der Waals surface area (Å²) in [7, 11) is 0. The molecule has 2 nitrogen and oxygen atoms in total. The lowest BCUT2D eigenvalue weighted by Gasteiger charge is -2.31. The average molecular weight is 302 g/mol. The van der Waals surface area contributed by atoms with Gasteiger partial charge in [0.1, 0.15) is 0 Å². The maximum absolute atomic E-state index is 10.9. The van der Waals surface area contributed by atoms with Gasteiger partial charge in [-0.25, -0.2) is 0 Å². The van der Waals surface area contributed by atoms with Crippen molar-refractivity contribution in [3.8, 4) is 0 Å². The second-order valence-corrected chi connectivity index (χ2v) is 8.25. The number of allylic oxidation sites excluding steroid dienone is 4. The summed E-state index contributed by atoms with van der Waals surface area (Å²) in [5.74, 6) is 2.12. The molecule has 0 heterocycles. The summed E-state index contributed by atoms with van der Waals surface area (Å²) >= 11 is 0. The third-order valence-corrected chi connectivity index (χ3v) is 6.73. The number of hydrogen-bond acceptors (Lipinski definition) is 2. The molecule has 0 bridgehead atoms. The Bertz CT molecular complexity index is 528. The first-order valence-corrected chi connectivity index (χ1v) is 8.67. The van der Waals surface area contributed by atoms with Crippen LogP contribution in [-0.2, 0) is 0 Å². The predicted octanol–water partition coefficient (Wildman–Crippen LogP) is 3.86. The molecule has 0 radical (unpaired) electrons. The molecule has 3 aliphatic rings. The van der Waals surface area contributed by atoms with E-state index in [4.69, 9.17) is 5.11 Å². The van der Waals surface area contributed by atoms with Crippen LogP contribution in [0.25, 0.3) is 0 Å². The number of aliphatic hydroxyl groups excluding tert-OH is 1. The minimum Gasteiger partial charge on any atom is -0.392 e. The van der Waals surface area contributed by atoms with Gasteiger partial charge in [0.25, 0.3) is 0 Å². The Labute approximate surface area is 134 Å². The van der Waals surface area contributed by atoms with E-state index in [-0.39, 0.29) is 12.0 Å². The molecule has 3 saturated carbocycles. The van der Waals surface area contributed by atoms with Gasteiger partial charge in [0.05, 0.1) is 12.2 Å². The van der Waals surface area contributed by atoms with Crippen molar-refractivity contribution in [1.29, 1.82) is 0 Å². The summed E-state index contributed by atoms with van der Waals surface area (Å²) in [4.78, 5) is 0. The summed E-state index contributed by atoms with van der Waals surface area (Å²) in [6.07, 6.45) is 10.8. The van der Waals surface area contributed by atoms with Crippen LogP contribution in [0.3, 0.4) is 0 Å². The van der Waals surface area contributed by atoms with E-state index in [0.717, 1.165) is 24.8 Å². The first kappa shape index (κ1) is 16.0. The van der Waals surface area contributed by atoms with Crippen LogP contribution in [0.1, 0.15) is 46.5 Å². The van der Waals surface area contributed by atoms with Gasteiger partial charge >= 0.3 is 0 Å². The highest BCUT2D eigenvalue weighted by atomic mass is 16.3. The van der Waals surface area contributed by atoms with E-state index in [1.54, 1.807) is 0 Å². The normalized spacial score (nSPS) is 48.2. The van der Waals surface area contributed by atoms with Crippen molar-refractivity contribution in [2.24, 2.45) is 29.1 Å². The zero-order valence-corrected chi connectivity index (χ0v) is 14.2. The summed E-state index contributed by atoms with van der Waals surface area (Å²) < 4.78 is 0. The van der Waals surface area contributed by atoms with Gasteiger partial charge < -0.3 is 10.2 Å². The fourth-order valence-corrected chi connectivity index (χ4v) is 5.34. The number of rotatable bonds is 3.